The topological polar surface area (TPSA) is 85.2 Å². The first-order chi connectivity index (χ1) is 17.4. The van der Waals surface area contributed by atoms with Gasteiger partial charge in [-0.2, -0.15) is 5.10 Å². The highest BCUT2D eigenvalue weighted by Gasteiger charge is 2.35. The van der Waals surface area contributed by atoms with Crippen LogP contribution in [0.5, 0.6) is 5.75 Å². The molecule has 37 heavy (non-hydrogen) atoms. The normalized spacial score (nSPS) is 17.8. The lowest BCUT2D eigenvalue weighted by atomic mass is 9.95. The minimum atomic E-state index is -2.90. The van der Waals surface area contributed by atoms with Crippen molar-refractivity contribution in [1.29, 1.82) is 0 Å². The zero-order chi connectivity index (χ0) is 26.8. The summed E-state index contributed by atoms with van der Waals surface area (Å²) in [6.45, 7) is 6.79. The van der Waals surface area contributed by atoms with Crippen molar-refractivity contribution in [1.82, 2.24) is 19.8 Å². The Hall–Kier alpha value is -2.62. The van der Waals surface area contributed by atoms with E-state index in [1.807, 2.05) is 26.8 Å². The zero-order valence-electron chi connectivity index (χ0n) is 21.9. The molecule has 1 atom stereocenters. The van der Waals surface area contributed by atoms with Gasteiger partial charge in [-0.15, -0.1) is 0 Å². The number of ether oxygens (including phenoxy) is 1. The third kappa shape index (κ3) is 7.93. The zero-order valence-corrected chi connectivity index (χ0v) is 22.7. The second-order valence-corrected chi connectivity index (χ2v) is 12.8. The van der Waals surface area contributed by atoms with Crippen LogP contribution in [0.25, 0.3) is 0 Å². The van der Waals surface area contributed by atoms with Gasteiger partial charge in [-0.25, -0.2) is 8.78 Å². The van der Waals surface area contributed by atoms with Crippen molar-refractivity contribution in [2.24, 2.45) is 5.92 Å². The minimum Gasteiger partial charge on any atom is -0.487 e. The molecule has 1 unspecified atom stereocenters. The number of carbonyl (C=O) groups is 2. The number of nitrogens with zero attached hydrogens (tertiary/aromatic N) is 2. The van der Waals surface area contributed by atoms with E-state index < -0.39 is 12.5 Å². The average molecular weight is 535 g/mol. The van der Waals surface area contributed by atoms with E-state index in [2.05, 4.69) is 10.0 Å². The maximum atomic E-state index is 13.2. The molecule has 0 spiro atoms. The lowest BCUT2D eigenvalue weighted by molar-refractivity contribution is -0.0229. The number of benzene rings is 1. The summed E-state index contributed by atoms with van der Waals surface area (Å²) in [6.07, 6.45) is 5.17. The first-order valence-electron chi connectivity index (χ1n) is 12.9. The van der Waals surface area contributed by atoms with Gasteiger partial charge in [-0.1, -0.05) is 25.0 Å². The summed E-state index contributed by atoms with van der Waals surface area (Å²) < 4.78 is 35.9. The number of aromatic nitrogens is 2. The predicted molar refractivity (Wildman–Crippen MR) is 140 cm³/mol. The first-order valence-corrected chi connectivity index (χ1v) is 13.7. The fourth-order valence-electron chi connectivity index (χ4n) is 4.30. The first kappa shape index (κ1) is 27.4. The summed E-state index contributed by atoms with van der Waals surface area (Å²) in [4.78, 5) is 26.3. The molecular formula is C27H36F2N4O3S. The van der Waals surface area contributed by atoms with Crippen LogP contribution in [0.2, 0.25) is 0 Å². The smallest absolute Gasteiger partial charge is 0.280 e. The van der Waals surface area contributed by atoms with Gasteiger partial charge in [0.1, 0.15) is 11.4 Å². The Morgan fingerprint density at radius 3 is 2.68 bits per heavy atom. The second-order valence-electron chi connectivity index (χ2n) is 11.2. The quantitative estimate of drug-likeness (QED) is 0.388. The Labute approximate surface area is 221 Å². The molecule has 2 heterocycles. The Morgan fingerprint density at radius 2 is 2.00 bits per heavy atom. The van der Waals surface area contributed by atoms with Crippen LogP contribution in [0.15, 0.2) is 24.3 Å². The molecule has 0 radical (unpaired) electrons. The molecule has 2 aliphatic rings. The standard InChI is InChI=1S/C27H36F2N4O3S/c1-26(2,3)37-32-25(35)23-22-21(31-33(23)13-12-17-8-9-17)15-19(30-24(22)34)11-10-18-6-5-7-20(14-18)36-16-27(4,28)29/h5-7,14,17,19H,8-13,15-16H2,1-4H3,(H,30,34)(H,32,35). The van der Waals surface area contributed by atoms with Gasteiger partial charge in [0.2, 0.25) is 0 Å². The molecule has 0 bridgehead atoms. The summed E-state index contributed by atoms with van der Waals surface area (Å²) in [5.41, 5.74) is 2.29. The molecular weight excluding hydrogens is 498 g/mol. The van der Waals surface area contributed by atoms with Crippen LogP contribution in [0.3, 0.4) is 0 Å². The fraction of sp³-hybridized carbons (Fsp3) is 0.593. The van der Waals surface area contributed by atoms with Crippen LogP contribution >= 0.6 is 11.9 Å². The monoisotopic (exact) mass is 534 g/mol. The summed E-state index contributed by atoms with van der Waals surface area (Å²) >= 11 is 1.33. The number of hydrogen-bond donors (Lipinski definition) is 2. The summed E-state index contributed by atoms with van der Waals surface area (Å²) in [6, 6.07) is 6.95. The predicted octanol–water partition coefficient (Wildman–Crippen LogP) is 5.18. The molecule has 1 saturated carbocycles. The van der Waals surface area contributed by atoms with E-state index in [0.29, 0.717) is 54.4 Å². The summed E-state index contributed by atoms with van der Waals surface area (Å²) in [7, 11) is 0. The molecule has 1 aromatic heterocycles. The Kier molecular flexibility index (Phi) is 8.16. The number of rotatable bonds is 11. The number of fused-ring (bicyclic) bond motifs is 1. The van der Waals surface area contributed by atoms with Gasteiger partial charge in [-0.05, 0) is 75.6 Å². The molecule has 10 heteroatoms. The molecule has 0 saturated heterocycles. The van der Waals surface area contributed by atoms with Gasteiger partial charge in [-0.3, -0.25) is 19.0 Å². The van der Waals surface area contributed by atoms with E-state index in [4.69, 9.17) is 9.84 Å². The number of aryl methyl sites for hydroxylation is 2. The number of alkyl halides is 2. The van der Waals surface area contributed by atoms with Gasteiger partial charge in [0, 0.05) is 30.7 Å². The Bertz CT molecular complexity index is 1140. The van der Waals surface area contributed by atoms with E-state index in [0.717, 1.165) is 18.9 Å². The second kappa shape index (κ2) is 11.0. The van der Waals surface area contributed by atoms with Crippen LogP contribution in [0, 0.1) is 5.92 Å². The van der Waals surface area contributed by atoms with E-state index >= 15 is 0 Å². The highest BCUT2D eigenvalue weighted by molar-refractivity contribution is 7.99. The molecule has 2 aromatic rings. The molecule has 2 N–H and O–H groups in total. The lowest BCUT2D eigenvalue weighted by Gasteiger charge is -2.23. The average Bonchev–Trinajstić information content (AvgIpc) is 3.57. The van der Waals surface area contributed by atoms with Crippen molar-refractivity contribution in [3.63, 3.8) is 0 Å². The SMILES string of the molecule is CC(F)(F)COc1cccc(CCC2Cc3nn(CCC4CC4)c(C(=O)NSC(C)(C)C)c3C(=O)N2)c1. The number of carbonyl (C=O) groups excluding carboxylic acids is 2. The minimum absolute atomic E-state index is 0.142. The van der Waals surface area contributed by atoms with Crippen LogP contribution in [0.4, 0.5) is 8.78 Å². The molecule has 202 valence electrons. The van der Waals surface area contributed by atoms with Crippen molar-refractivity contribution < 1.29 is 23.1 Å². The van der Waals surface area contributed by atoms with Crippen LogP contribution in [0.1, 0.15) is 85.5 Å². The van der Waals surface area contributed by atoms with Crippen molar-refractivity contribution in [2.45, 2.75) is 89.5 Å². The molecule has 4 rings (SSSR count). The van der Waals surface area contributed by atoms with E-state index in [1.165, 1.54) is 24.8 Å². The summed E-state index contributed by atoms with van der Waals surface area (Å²) in [5.74, 6) is -2.41. The third-order valence-corrected chi connectivity index (χ3v) is 7.21. The van der Waals surface area contributed by atoms with Crippen molar-refractivity contribution in [2.75, 3.05) is 6.61 Å². The largest absolute Gasteiger partial charge is 0.487 e. The van der Waals surface area contributed by atoms with E-state index in [-0.39, 0.29) is 22.6 Å². The molecule has 1 aliphatic heterocycles. The van der Waals surface area contributed by atoms with Gasteiger partial charge in [0.15, 0.2) is 6.61 Å². The molecule has 1 fully saturated rings. The van der Waals surface area contributed by atoms with Gasteiger partial charge < -0.3 is 10.1 Å². The number of amides is 2. The number of nitrogens with one attached hydrogen (secondary N) is 2. The lowest BCUT2D eigenvalue weighted by Crippen LogP contribution is -2.42. The van der Waals surface area contributed by atoms with Crippen molar-refractivity contribution in [3.8, 4) is 5.75 Å². The van der Waals surface area contributed by atoms with Gasteiger partial charge >= 0.3 is 0 Å². The molecule has 2 amide bonds. The molecule has 1 aliphatic carbocycles. The number of hydrogen-bond acceptors (Lipinski definition) is 5. The molecule has 1 aromatic carbocycles. The van der Waals surface area contributed by atoms with E-state index in [1.54, 1.807) is 22.9 Å². The van der Waals surface area contributed by atoms with Crippen molar-refractivity contribution in [3.05, 3.63) is 46.8 Å². The van der Waals surface area contributed by atoms with Crippen LogP contribution in [-0.4, -0.2) is 44.9 Å². The van der Waals surface area contributed by atoms with Crippen LogP contribution < -0.4 is 14.8 Å². The maximum Gasteiger partial charge on any atom is 0.280 e. The number of halogens is 2. The van der Waals surface area contributed by atoms with Gasteiger partial charge in [0.25, 0.3) is 17.7 Å². The summed E-state index contributed by atoms with van der Waals surface area (Å²) in [5, 5.41) is 7.78. The Morgan fingerprint density at radius 1 is 1.24 bits per heavy atom. The fourth-order valence-corrected chi connectivity index (χ4v) is 4.80. The van der Waals surface area contributed by atoms with E-state index in [9.17, 15) is 18.4 Å². The third-order valence-electron chi connectivity index (χ3n) is 6.31. The molecule has 7 nitrogen and oxygen atoms in total. The van der Waals surface area contributed by atoms with Crippen molar-refractivity contribution >= 4 is 23.8 Å². The van der Waals surface area contributed by atoms with Crippen LogP contribution in [-0.2, 0) is 19.4 Å². The highest BCUT2D eigenvalue weighted by atomic mass is 32.2. The maximum absolute atomic E-state index is 13.2. The highest BCUT2D eigenvalue weighted by Crippen LogP contribution is 2.33. The van der Waals surface area contributed by atoms with Gasteiger partial charge in [0.05, 0.1) is 11.3 Å². The Balaban J connectivity index is 1.45.